The molecule has 2 aromatic rings. The first-order chi connectivity index (χ1) is 11.5. The minimum atomic E-state index is -0.175. The van der Waals surface area contributed by atoms with Crippen molar-refractivity contribution >= 4 is 11.6 Å². The number of Topliss-reactive ketones (excluding diaryl/α,β-unsaturated/α-hetero) is 1. The Morgan fingerprint density at radius 2 is 1.50 bits per heavy atom. The Morgan fingerprint density at radius 1 is 0.917 bits per heavy atom. The molecular weight excluding hydrogens is 298 g/mol. The molecule has 0 aliphatic rings. The third kappa shape index (κ3) is 4.62. The van der Waals surface area contributed by atoms with E-state index in [1.165, 1.54) is 0 Å². The van der Waals surface area contributed by atoms with E-state index in [1.54, 1.807) is 0 Å². The summed E-state index contributed by atoms with van der Waals surface area (Å²) in [6.45, 7) is 6.61. The van der Waals surface area contributed by atoms with Crippen LogP contribution in [0.5, 0.6) is 0 Å². The molecular formula is C21H25NO2. The number of nitrogens with one attached hydrogen (secondary N) is 1. The van der Waals surface area contributed by atoms with E-state index in [4.69, 9.17) is 0 Å². The predicted octanol–water partition coefficient (Wildman–Crippen LogP) is 3.66. The zero-order chi connectivity index (χ0) is 17.5. The molecule has 24 heavy (non-hydrogen) atoms. The number of carbonyl (C=O) groups is 2. The van der Waals surface area contributed by atoms with Crippen molar-refractivity contribution in [1.82, 2.24) is 5.32 Å². The second kappa shape index (κ2) is 8.55. The van der Waals surface area contributed by atoms with Gasteiger partial charge in [-0.1, -0.05) is 75.4 Å². The van der Waals surface area contributed by atoms with Crippen LogP contribution in [0.4, 0.5) is 0 Å². The van der Waals surface area contributed by atoms with Gasteiger partial charge in [-0.05, 0) is 18.5 Å². The first-order valence-corrected chi connectivity index (χ1v) is 8.48. The molecule has 1 N–H and O–H groups in total. The standard InChI is InChI=1S/C21H25NO2/c1-4-22-19(20(23)15(2)3)14-16-10-12-18(13-11-16)21(24)17-8-6-5-7-9-17/h5-13,15,19,22H,4,14H2,1-3H3/t19-/m1/s1. The Morgan fingerprint density at radius 3 is 2.04 bits per heavy atom. The van der Waals surface area contributed by atoms with Crippen LogP contribution in [0.25, 0.3) is 0 Å². The molecule has 0 fully saturated rings. The summed E-state index contributed by atoms with van der Waals surface area (Å²) in [5.41, 5.74) is 2.41. The molecule has 3 heteroatoms. The first-order valence-electron chi connectivity index (χ1n) is 8.48. The summed E-state index contributed by atoms with van der Waals surface area (Å²) in [6, 6.07) is 16.6. The second-order valence-electron chi connectivity index (χ2n) is 6.26. The van der Waals surface area contributed by atoms with Crippen molar-refractivity contribution in [3.05, 3.63) is 71.3 Å². The minimum absolute atomic E-state index is 0.00739. The smallest absolute Gasteiger partial charge is 0.193 e. The van der Waals surface area contributed by atoms with Crippen molar-refractivity contribution in [2.45, 2.75) is 33.2 Å². The fourth-order valence-corrected chi connectivity index (χ4v) is 2.71. The van der Waals surface area contributed by atoms with Crippen LogP contribution in [-0.2, 0) is 11.2 Å². The van der Waals surface area contributed by atoms with Gasteiger partial charge in [0.25, 0.3) is 0 Å². The SMILES string of the molecule is CCN[C@H](Cc1ccc(C(=O)c2ccccc2)cc1)C(=O)C(C)C. The number of hydrogen-bond acceptors (Lipinski definition) is 3. The Kier molecular flexibility index (Phi) is 6.44. The molecule has 0 saturated carbocycles. The van der Waals surface area contributed by atoms with E-state index in [9.17, 15) is 9.59 Å². The highest BCUT2D eigenvalue weighted by Crippen LogP contribution is 2.13. The summed E-state index contributed by atoms with van der Waals surface area (Å²) < 4.78 is 0. The van der Waals surface area contributed by atoms with Gasteiger partial charge < -0.3 is 5.32 Å². The molecule has 2 rings (SSSR count). The fourth-order valence-electron chi connectivity index (χ4n) is 2.71. The summed E-state index contributed by atoms with van der Waals surface area (Å²) in [7, 11) is 0. The molecule has 0 aromatic heterocycles. The number of carbonyl (C=O) groups excluding carboxylic acids is 2. The van der Waals surface area contributed by atoms with Gasteiger partial charge in [0, 0.05) is 17.0 Å². The molecule has 0 bridgehead atoms. The van der Waals surface area contributed by atoms with Crippen LogP contribution in [0.15, 0.2) is 54.6 Å². The topological polar surface area (TPSA) is 46.2 Å². The van der Waals surface area contributed by atoms with Crippen molar-refractivity contribution in [3.63, 3.8) is 0 Å². The maximum absolute atomic E-state index is 12.4. The molecule has 3 nitrogen and oxygen atoms in total. The van der Waals surface area contributed by atoms with Crippen LogP contribution in [0.1, 0.15) is 42.3 Å². The van der Waals surface area contributed by atoms with Crippen LogP contribution >= 0.6 is 0 Å². The predicted molar refractivity (Wildman–Crippen MR) is 97.3 cm³/mol. The van der Waals surface area contributed by atoms with Crippen molar-refractivity contribution in [3.8, 4) is 0 Å². The molecule has 0 radical (unpaired) electrons. The van der Waals surface area contributed by atoms with Gasteiger partial charge in [0.2, 0.25) is 0 Å². The van der Waals surface area contributed by atoms with E-state index in [-0.39, 0.29) is 23.5 Å². The van der Waals surface area contributed by atoms with Crippen molar-refractivity contribution in [2.24, 2.45) is 5.92 Å². The van der Waals surface area contributed by atoms with Crippen LogP contribution in [-0.4, -0.2) is 24.2 Å². The monoisotopic (exact) mass is 323 g/mol. The number of benzene rings is 2. The molecule has 0 saturated heterocycles. The van der Waals surface area contributed by atoms with Gasteiger partial charge in [0.1, 0.15) is 0 Å². The summed E-state index contributed by atoms with van der Waals surface area (Å²) in [6.07, 6.45) is 0.644. The summed E-state index contributed by atoms with van der Waals surface area (Å²) in [4.78, 5) is 24.7. The molecule has 1 atom stereocenters. The van der Waals surface area contributed by atoms with E-state index in [0.29, 0.717) is 17.5 Å². The lowest BCUT2D eigenvalue weighted by Crippen LogP contribution is -2.40. The number of ketones is 2. The van der Waals surface area contributed by atoms with Gasteiger partial charge in [-0.25, -0.2) is 0 Å². The van der Waals surface area contributed by atoms with E-state index in [2.05, 4.69) is 5.32 Å². The Labute approximate surface area is 144 Å². The zero-order valence-corrected chi connectivity index (χ0v) is 14.6. The number of hydrogen-bond donors (Lipinski definition) is 1. The molecule has 0 aliphatic heterocycles. The highest BCUT2D eigenvalue weighted by molar-refractivity contribution is 6.08. The fraction of sp³-hybridized carbons (Fsp3) is 0.333. The normalized spacial score (nSPS) is 12.2. The van der Waals surface area contributed by atoms with E-state index >= 15 is 0 Å². The van der Waals surface area contributed by atoms with Crippen molar-refractivity contribution in [2.75, 3.05) is 6.54 Å². The van der Waals surface area contributed by atoms with Gasteiger partial charge in [-0.2, -0.15) is 0 Å². The Balaban J connectivity index is 2.11. The van der Waals surface area contributed by atoms with Crippen molar-refractivity contribution in [1.29, 1.82) is 0 Å². The highest BCUT2D eigenvalue weighted by atomic mass is 16.1. The molecule has 2 aromatic carbocycles. The Bertz CT molecular complexity index is 675. The minimum Gasteiger partial charge on any atom is -0.307 e. The van der Waals surface area contributed by atoms with Gasteiger partial charge in [0.05, 0.1) is 6.04 Å². The molecule has 0 spiro atoms. The van der Waals surface area contributed by atoms with Gasteiger partial charge in [-0.15, -0.1) is 0 Å². The van der Waals surface area contributed by atoms with Crippen LogP contribution in [0.2, 0.25) is 0 Å². The van der Waals surface area contributed by atoms with Crippen LogP contribution in [0.3, 0.4) is 0 Å². The average molecular weight is 323 g/mol. The number of rotatable bonds is 8. The van der Waals surface area contributed by atoms with Gasteiger partial charge in [0.15, 0.2) is 11.6 Å². The molecule has 0 unspecified atom stereocenters. The first kappa shape index (κ1) is 18.1. The summed E-state index contributed by atoms with van der Waals surface area (Å²) in [5.74, 6) is 0.248. The number of likely N-dealkylation sites (N-methyl/N-ethyl adjacent to an activating group) is 1. The molecule has 0 aliphatic carbocycles. The third-order valence-electron chi connectivity index (χ3n) is 4.05. The summed E-state index contributed by atoms with van der Waals surface area (Å²) >= 11 is 0. The van der Waals surface area contributed by atoms with Gasteiger partial charge >= 0.3 is 0 Å². The van der Waals surface area contributed by atoms with E-state index < -0.39 is 0 Å². The lowest BCUT2D eigenvalue weighted by Gasteiger charge is -2.19. The lowest BCUT2D eigenvalue weighted by atomic mass is 9.94. The van der Waals surface area contributed by atoms with Crippen LogP contribution < -0.4 is 5.32 Å². The van der Waals surface area contributed by atoms with E-state index in [0.717, 1.165) is 12.1 Å². The van der Waals surface area contributed by atoms with E-state index in [1.807, 2.05) is 75.4 Å². The molecule has 0 amide bonds. The zero-order valence-electron chi connectivity index (χ0n) is 14.6. The summed E-state index contributed by atoms with van der Waals surface area (Å²) in [5, 5.41) is 3.26. The lowest BCUT2D eigenvalue weighted by molar-refractivity contribution is -0.123. The van der Waals surface area contributed by atoms with Gasteiger partial charge in [-0.3, -0.25) is 9.59 Å². The average Bonchev–Trinajstić information content (AvgIpc) is 2.61. The van der Waals surface area contributed by atoms with Crippen molar-refractivity contribution < 1.29 is 9.59 Å². The third-order valence-corrected chi connectivity index (χ3v) is 4.05. The maximum Gasteiger partial charge on any atom is 0.193 e. The maximum atomic E-state index is 12.4. The Hall–Kier alpha value is -2.26. The second-order valence-corrected chi connectivity index (χ2v) is 6.26. The highest BCUT2D eigenvalue weighted by Gasteiger charge is 2.20. The largest absolute Gasteiger partial charge is 0.307 e. The quantitative estimate of drug-likeness (QED) is 0.754. The molecule has 126 valence electrons. The molecule has 0 heterocycles. The van der Waals surface area contributed by atoms with Crippen LogP contribution in [0, 0.1) is 5.92 Å².